The van der Waals surface area contributed by atoms with Crippen molar-refractivity contribution in [1.29, 1.82) is 0 Å². The van der Waals surface area contributed by atoms with Crippen LogP contribution in [0.1, 0.15) is 19.7 Å². The fourth-order valence-corrected chi connectivity index (χ4v) is 2.37. The molecule has 4 heteroatoms. The smallest absolute Gasteiger partial charge is 0.123 e. The molecule has 0 fully saturated rings. The lowest BCUT2D eigenvalue weighted by Gasteiger charge is -2.10. The monoisotopic (exact) mass is 263 g/mol. The van der Waals surface area contributed by atoms with Crippen molar-refractivity contribution >= 4 is 22.8 Å². The average Bonchev–Trinajstić information content (AvgIpc) is 2.75. The van der Waals surface area contributed by atoms with E-state index in [1.165, 1.54) is 5.52 Å². The van der Waals surface area contributed by atoms with Gasteiger partial charge in [0.05, 0.1) is 17.6 Å². The quantitative estimate of drug-likeness (QED) is 0.869. The highest BCUT2D eigenvalue weighted by Crippen LogP contribution is 2.15. The fourth-order valence-electron chi connectivity index (χ4n) is 2.08. The number of para-hydroxylation sites is 2. The van der Waals surface area contributed by atoms with Gasteiger partial charge in [0, 0.05) is 18.3 Å². The number of hydrogen-bond acceptors (Lipinski definition) is 3. The number of thioether (sulfide) groups is 1. The molecule has 1 heterocycles. The van der Waals surface area contributed by atoms with Crippen LogP contribution >= 0.6 is 11.8 Å². The Morgan fingerprint density at radius 1 is 1.39 bits per heavy atom. The molecule has 1 aromatic carbocycles. The molecule has 0 aliphatic heterocycles. The van der Waals surface area contributed by atoms with E-state index in [4.69, 9.17) is 4.98 Å². The second-order valence-electron chi connectivity index (χ2n) is 4.44. The second-order valence-corrected chi connectivity index (χ2v) is 5.71. The molecule has 1 unspecified atom stereocenters. The minimum absolute atomic E-state index is 0.643. The molecule has 0 aliphatic carbocycles. The minimum atomic E-state index is 0.643. The third-order valence-corrected chi connectivity index (χ3v) is 4.14. The summed E-state index contributed by atoms with van der Waals surface area (Å²) in [6.07, 6.45) is 2.15. The minimum Gasteiger partial charge on any atom is -0.327 e. The summed E-state index contributed by atoms with van der Waals surface area (Å²) < 4.78 is 2.28. The summed E-state index contributed by atoms with van der Waals surface area (Å²) in [5, 5.41) is 4.13. The normalized spacial score (nSPS) is 13.1. The van der Waals surface area contributed by atoms with E-state index >= 15 is 0 Å². The van der Waals surface area contributed by atoms with Crippen molar-refractivity contribution in [2.45, 2.75) is 32.2 Å². The van der Waals surface area contributed by atoms with E-state index in [0.29, 0.717) is 5.25 Å². The number of nitrogens with one attached hydrogen (secondary N) is 1. The molecule has 2 aromatic rings. The predicted octanol–water partition coefficient (Wildman–Crippen LogP) is 2.90. The topological polar surface area (TPSA) is 29.9 Å². The van der Waals surface area contributed by atoms with Gasteiger partial charge in [-0.25, -0.2) is 4.98 Å². The maximum atomic E-state index is 4.70. The molecular weight excluding hydrogens is 242 g/mol. The SMILES string of the molecule is CCn1c(CNCC(C)SC)nc2ccccc21. The fraction of sp³-hybridized carbons (Fsp3) is 0.500. The third kappa shape index (κ3) is 2.87. The van der Waals surface area contributed by atoms with Crippen LogP contribution in [0.5, 0.6) is 0 Å². The van der Waals surface area contributed by atoms with E-state index < -0.39 is 0 Å². The van der Waals surface area contributed by atoms with Crippen molar-refractivity contribution in [1.82, 2.24) is 14.9 Å². The van der Waals surface area contributed by atoms with Crippen LogP contribution in [0.4, 0.5) is 0 Å². The van der Waals surface area contributed by atoms with Gasteiger partial charge in [-0.05, 0) is 25.3 Å². The van der Waals surface area contributed by atoms with Crippen molar-refractivity contribution in [3.8, 4) is 0 Å². The number of rotatable bonds is 6. The molecule has 0 aliphatic rings. The first-order valence-corrected chi connectivity index (χ1v) is 7.72. The van der Waals surface area contributed by atoms with Gasteiger partial charge >= 0.3 is 0 Å². The molecule has 0 saturated carbocycles. The highest BCUT2D eigenvalue weighted by Gasteiger charge is 2.08. The summed E-state index contributed by atoms with van der Waals surface area (Å²) in [6, 6.07) is 8.33. The Morgan fingerprint density at radius 3 is 2.89 bits per heavy atom. The van der Waals surface area contributed by atoms with Crippen LogP contribution in [-0.2, 0) is 13.1 Å². The molecule has 18 heavy (non-hydrogen) atoms. The molecule has 0 bridgehead atoms. The molecule has 1 aromatic heterocycles. The van der Waals surface area contributed by atoms with Gasteiger partial charge in [0.15, 0.2) is 0 Å². The summed E-state index contributed by atoms with van der Waals surface area (Å²) in [6.45, 7) is 7.24. The Balaban J connectivity index is 2.12. The summed E-state index contributed by atoms with van der Waals surface area (Å²) in [5.41, 5.74) is 2.32. The van der Waals surface area contributed by atoms with Gasteiger partial charge in [-0.1, -0.05) is 19.1 Å². The number of fused-ring (bicyclic) bond motifs is 1. The first-order chi connectivity index (χ1) is 8.76. The number of hydrogen-bond donors (Lipinski definition) is 1. The van der Waals surface area contributed by atoms with E-state index in [-0.39, 0.29) is 0 Å². The van der Waals surface area contributed by atoms with Gasteiger partial charge in [-0.2, -0.15) is 11.8 Å². The van der Waals surface area contributed by atoms with Crippen LogP contribution < -0.4 is 5.32 Å². The summed E-state index contributed by atoms with van der Waals surface area (Å²) >= 11 is 1.89. The van der Waals surface area contributed by atoms with Gasteiger partial charge in [0.2, 0.25) is 0 Å². The van der Waals surface area contributed by atoms with Crippen molar-refractivity contribution in [2.75, 3.05) is 12.8 Å². The second kappa shape index (κ2) is 6.25. The Morgan fingerprint density at radius 2 is 2.17 bits per heavy atom. The van der Waals surface area contributed by atoms with Crippen LogP contribution in [0.3, 0.4) is 0 Å². The number of imidazole rings is 1. The van der Waals surface area contributed by atoms with Crippen molar-refractivity contribution in [2.24, 2.45) is 0 Å². The highest BCUT2D eigenvalue weighted by atomic mass is 32.2. The molecular formula is C14H21N3S. The number of aromatic nitrogens is 2. The Kier molecular flexibility index (Phi) is 4.66. The van der Waals surface area contributed by atoms with E-state index in [2.05, 4.69) is 48.2 Å². The summed E-state index contributed by atoms with van der Waals surface area (Å²) in [5.74, 6) is 1.13. The third-order valence-electron chi connectivity index (χ3n) is 3.17. The zero-order valence-corrected chi connectivity index (χ0v) is 12.1. The van der Waals surface area contributed by atoms with Crippen LogP contribution in [0.15, 0.2) is 24.3 Å². The molecule has 1 N–H and O–H groups in total. The molecule has 98 valence electrons. The van der Waals surface area contributed by atoms with Gasteiger partial charge < -0.3 is 9.88 Å². The van der Waals surface area contributed by atoms with Gasteiger partial charge in [0.1, 0.15) is 5.82 Å². The first kappa shape index (κ1) is 13.4. The predicted molar refractivity (Wildman–Crippen MR) is 80.1 cm³/mol. The number of benzene rings is 1. The maximum Gasteiger partial charge on any atom is 0.123 e. The number of aryl methyl sites for hydroxylation is 1. The molecule has 3 nitrogen and oxygen atoms in total. The van der Waals surface area contributed by atoms with Crippen LogP contribution in [0, 0.1) is 0 Å². The van der Waals surface area contributed by atoms with Gasteiger partial charge in [-0.15, -0.1) is 0 Å². The van der Waals surface area contributed by atoms with Crippen LogP contribution in [0.25, 0.3) is 11.0 Å². The van der Waals surface area contributed by atoms with E-state index in [0.717, 1.165) is 31.0 Å². The molecule has 0 radical (unpaired) electrons. The summed E-state index contributed by atoms with van der Waals surface area (Å²) in [4.78, 5) is 4.70. The zero-order chi connectivity index (χ0) is 13.0. The lowest BCUT2D eigenvalue weighted by atomic mass is 10.3. The zero-order valence-electron chi connectivity index (χ0n) is 11.3. The van der Waals surface area contributed by atoms with Gasteiger partial charge in [-0.3, -0.25) is 0 Å². The maximum absolute atomic E-state index is 4.70. The van der Waals surface area contributed by atoms with Crippen molar-refractivity contribution in [3.05, 3.63) is 30.1 Å². The Hall–Kier alpha value is -1.00. The number of nitrogens with zero attached hydrogens (tertiary/aromatic N) is 2. The molecule has 0 amide bonds. The van der Waals surface area contributed by atoms with E-state index in [9.17, 15) is 0 Å². The lowest BCUT2D eigenvalue weighted by molar-refractivity contribution is 0.620. The molecule has 1 atom stereocenters. The lowest BCUT2D eigenvalue weighted by Crippen LogP contribution is -2.23. The molecule has 2 rings (SSSR count). The van der Waals surface area contributed by atoms with Gasteiger partial charge in [0.25, 0.3) is 0 Å². The highest BCUT2D eigenvalue weighted by molar-refractivity contribution is 7.99. The standard InChI is InChI=1S/C14H21N3S/c1-4-17-13-8-6-5-7-12(13)16-14(17)10-15-9-11(2)18-3/h5-8,11,15H,4,9-10H2,1-3H3. The largest absolute Gasteiger partial charge is 0.327 e. The van der Waals surface area contributed by atoms with Crippen molar-refractivity contribution in [3.63, 3.8) is 0 Å². The molecule has 0 saturated heterocycles. The van der Waals surface area contributed by atoms with Crippen molar-refractivity contribution < 1.29 is 0 Å². The Bertz CT molecular complexity index is 507. The molecule has 0 spiro atoms. The van der Waals surface area contributed by atoms with Crippen LogP contribution in [0.2, 0.25) is 0 Å². The first-order valence-electron chi connectivity index (χ1n) is 6.44. The van der Waals surface area contributed by atoms with Crippen LogP contribution in [-0.4, -0.2) is 27.6 Å². The summed E-state index contributed by atoms with van der Waals surface area (Å²) in [7, 11) is 0. The van der Waals surface area contributed by atoms with E-state index in [1.54, 1.807) is 0 Å². The average molecular weight is 263 g/mol. The Labute approximate surface area is 113 Å². The van der Waals surface area contributed by atoms with E-state index in [1.807, 2.05) is 17.8 Å².